The third-order valence-corrected chi connectivity index (χ3v) is 7.53. The minimum atomic E-state index is -4.55. The van der Waals surface area contributed by atoms with Gasteiger partial charge in [0, 0.05) is 43.5 Å². The van der Waals surface area contributed by atoms with E-state index in [4.69, 9.17) is 4.74 Å². The van der Waals surface area contributed by atoms with E-state index in [1.54, 1.807) is 42.7 Å². The summed E-state index contributed by atoms with van der Waals surface area (Å²) >= 11 is 0. The maximum Gasteiger partial charge on any atom is 0.416 e. The van der Waals surface area contributed by atoms with Crippen molar-refractivity contribution < 1.29 is 22.7 Å². The van der Waals surface area contributed by atoms with Crippen molar-refractivity contribution in [2.45, 2.75) is 38.9 Å². The number of aryl methyl sites for hydroxylation is 2. The third kappa shape index (κ3) is 6.77. The number of rotatable bonds is 8. The number of nitrogens with zero attached hydrogens (tertiary/aromatic N) is 5. The number of hydrogen-bond acceptors (Lipinski definition) is 7. The van der Waals surface area contributed by atoms with E-state index in [1.165, 1.54) is 6.07 Å². The molecule has 1 fully saturated rings. The highest BCUT2D eigenvalue weighted by molar-refractivity contribution is 6.06. The van der Waals surface area contributed by atoms with Crippen LogP contribution < -0.4 is 15.0 Å². The van der Waals surface area contributed by atoms with Crippen LogP contribution in [-0.2, 0) is 12.6 Å². The van der Waals surface area contributed by atoms with E-state index >= 15 is 0 Å². The molecule has 0 radical (unpaired) electrons. The number of hydrogen-bond donors (Lipinski definition) is 1. The summed E-state index contributed by atoms with van der Waals surface area (Å²) in [6.07, 6.45) is 0.258. The predicted octanol–water partition coefficient (Wildman–Crippen LogP) is 6.61. The summed E-state index contributed by atoms with van der Waals surface area (Å²) in [4.78, 5) is 30.8. The molecular weight excluding hydrogens is 557 g/mol. The first-order valence-corrected chi connectivity index (χ1v) is 14.0. The topological polar surface area (TPSA) is 83.5 Å². The number of anilines is 2. The number of carbonyl (C=O) groups is 1. The van der Waals surface area contributed by atoms with E-state index in [2.05, 4.69) is 25.2 Å². The SMILES string of the molecule is CCc1nccc(-c2cccnc2Oc2cc(C(=O)Nc3cc(C(F)(F)F)ccc3N3CC[C@H](N(C)C)C3)ccc2C)n1. The molecule has 2 aromatic heterocycles. The minimum absolute atomic E-state index is 0.102. The second-order valence-electron chi connectivity index (χ2n) is 10.7. The summed E-state index contributed by atoms with van der Waals surface area (Å²) in [7, 11) is 3.95. The normalized spacial score (nSPS) is 15.2. The lowest BCUT2D eigenvalue weighted by atomic mass is 10.1. The number of nitrogens with one attached hydrogen (secondary N) is 1. The van der Waals surface area contributed by atoms with Gasteiger partial charge in [-0.25, -0.2) is 15.0 Å². The lowest BCUT2D eigenvalue weighted by molar-refractivity contribution is -0.137. The number of likely N-dealkylation sites (N-methyl/N-ethyl adjacent to an activating group) is 1. The first kappa shape index (κ1) is 30.0. The number of ether oxygens (including phenoxy) is 1. The molecule has 0 unspecified atom stereocenters. The van der Waals surface area contributed by atoms with Crippen molar-refractivity contribution in [3.8, 4) is 22.9 Å². The fraction of sp³-hybridized carbons (Fsp3) is 0.312. The maximum atomic E-state index is 13.6. The molecule has 5 rings (SSSR count). The molecule has 8 nitrogen and oxygen atoms in total. The van der Waals surface area contributed by atoms with Gasteiger partial charge in [0.25, 0.3) is 5.91 Å². The van der Waals surface area contributed by atoms with Crippen LogP contribution in [0.5, 0.6) is 11.6 Å². The molecule has 4 aromatic rings. The molecule has 3 heterocycles. The van der Waals surface area contributed by atoms with Crippen LogP contribution in [0.25, 0.3) is 11.3 Å². The smallest absolute Gasteiger partial charge is 0.416 e. The molecule has 224 valence electrons. The Hall–Kier alpha value is -4.51. The molecule has 1 aliphatic heterocycles. The first-order chi connectivity index (χ1) is 20.5. The predicted molar refractivity (Wildman–Crippen MR) is 160 cm³/mol. The lowest BCUT2D eigenvalue weighted by Crippen LogP contribution is -2.31. The average molecular weight is 591 g/mol. The average Bonchev–Trinajstić information content (AvgIpc) is 3.49. The van der Waals surface area contributed by atoms with Gasteiger partial charge in [-0.05, 0) is 81.5 Å². The summed E-state index contributed by atoms with van der Waals surface area (Å²) in [5, 5.41) is 2.74. The molecule has 11 heteroatoms. The fourth-order valence-electron chi connectivity index (χ4n) is 5.01. The Labute approximate surface area is 248 Å². The minimum Gasteiger partial charge on any atom is -0.438 e. The monoisotopic (exact) mass is 590 g/mol. The number of pyridine rings is 1. The number of alkyl halides is 3. The summed E-state index contributed by atoms with van der Waals surface area (Å²) in [5.41, 5.74) is 2.09. The van der Waals surface area contributed by atoms with Gasteiger partial charge >= 0.3 is 6.18 Å². The van der Waals surface area contributed by atoms with Crippen LogP contribution in [-0.4, -0.2) is 59.0 Å². The van der Waals surface area contributed by atoms with Gasteiger partial charge in [0.1, 0.15) is 11.6 Å². The van der Waals surface area contributed by atoms with Gasteiger partial charge in [0.15, 0.2) is 0 Å². The van der Waals surface area contributed by atoms with Crippen molar-refractivity contribution in [2.24, 2.45) is 0 Å². The van der Waals surface area contributed by atoms with Gasteiger partial charge in [-0.3, -0.25) is 4.79 Å². The van der Waals surface area contributed by atoms with Crippen molar-refractivity contribution in [1.82, 2.24) is 19.9 Å². The molecule has 1 saturated heterocycles. The second kappa shape index (κ2) is 12.4. The van der Waals surface area contributed by atoms with Crippen LogP contribution >= 0.6 is 0 Å². The summed E-state index contributed by atoms with van der Waals surface area (Å²) in [5.74, 6) is 0.809. The zero-order valence-corrected chi connectivity index (χ0v) is 24.4. The Morgan fingerprint density at radius 3 is 2.63 bits per heavy atom. The molecule has 1 atom stereocenters. The summed E-state index contributed by atoms with van der Waals surface area (Å²) in [6.45, 7) is 5.10. The zero-order chi connectivity index (χ0) is 30.7. The molecule has 0 bridgehead atoms. The first-order valence-electron chi connectivity index (χ1n) is 14.0. The van der Waals surface area contributed by atoms with Crippen molar-refractivity contribution in [1.29, 1.82) is 0 Å². The van der Waals surface area contributed by atoms with Crippen LogP contribution in [0, 0.1) is 6.92 Å². The largest absolute Gasteiger partial charge is 0.438 e. The Bertz CT molecular complexity index is 1630. The highest BCUT2D eigenvalue weighted by Gasteiger charge is 2.33. The van der Waals surface area contributed by atoms with Crippen LogP contribution in [0.15, 0.2) is 67.0 Å². The maximum absolute atomic E-state index is 13.6. The van der Waals surface area contributed by atoms with Gasteiger partial charge < -0.3 is 19.9 Å². The quantitative estimate of drug-likeness (QED) is 0.247. The second-order valence-corrected chi connectivity index (χ2v) is 10.7. The van der Waals surface area contributed by atoms with Crippen molar-refractivity contribution >= 4 is 17.3 Å². The Balaban J connectivity index is 1.43. The molecule has 2 aromatic carbocycles. The molecule has 1 aliphatic rings. The highest BCUT2D eigenvalue weighted by Crippen LogP contribution is 2.38. The van der Waals surface area contributed by atoms with E-state index < -0.39 is 17.6 Å². The van der Waals surface area contributed by atoms with Crippen LogP contribution in [0.1, 0.15) is 40.7 Å². The van der Waals surface area contributed by atoms with E-state index in [1.807, 2.05) is 38.9 Å². The van der Waals surface area contributed by atoms with E-state index in [9.17, 15) is 18.0 Å². The molecule has 0 aliphatic carbocycles. The zero-order valence-electron chi connectivity index (χ0n) is 24.4. The van der Waals surface area contributed by atoms with Crippen molar-refractivity contribution in [3.63, 3.8) is 0 Å². The standard InChI is InChI=1S/C32H33F3N6O2/c1-5-29-36-15-12-25(38-29)24-7-6-14-37-31(24)43-28-17-21(9-8-20(28)2)30(42)39-26-18-22(32(33,34)35)10-11-27(26)41-16-13-23(19-41)40(3)4/h6-12,14-15,17-18,23H,5,13,16,19H2,1-4H3,(H,39,42)/t23-/m0/s1. The van der Waals surface area contributed by atoms with Crippen LogP contribution in [0.3, 0.4) is 0 Å². The molecule has 1 N–H and O–H groups in total. The number of aromatic nitrogens is 3. The van der Waals surface area contributed by atoms with Gasteiger partial charge in [-0.2, -0.15) is 13.2 Å². The number of amides is 1. The Morgan fingerprint density at radius 1 is 1.09 bits per heavy atom. The van der Waals surface area contributed by atoms with Crippen LogP contribution in [0.2, 0.25) is 0 Å². The third-order valence-electron chi connectivity index (χ3n) is 7.53. The van der Waals surface area contributed by atoms with Gasteiger partial charge in [0.05, 0.1) is 28.2 Å². The highest BCUT2D eigenvalue weighted by atomic mass is 19.4. The molecule has 1 amide bonds. The van der Waals surface area contributed by atoms with Gasteiger partial charge in [0.2, 0.25) is 5.88 Å². The molecule has 43 heavy (non-hydrogen) atoms. The van der Waals surface area contributed by atoms with Crippen LogP contribution in [0.4, 0.5) is 24.5 Å². The number of benzene rings is 2. The Kier molecular flexibility index (Phi) is 8.63. The van der Waals surface area contributed by atoms with E-state index in [0.717, 1.165) is 24.1 Å². The van der Waals surface area contributed by atoms with Gasteiger partial charge in [-0.15, -0.1) is 0 Å². The molecular formula is C32H33F3N6O2. The molecule has 0 spiro atoms. The van der Waals surface area contributed by atoms with E-state index in [-0.39, 0.29) is 17.3 Å². The van der Waals surface area contributed by atoms with Gasteiger partial charge in [-0.1, -0.05) is 13.0 Å². The number of carbonyl (C=O) groups excluding carboxylic acids is 1. The Morgan fingerprint density at radius 2 is 1.91 bits per heavy atom. The fourth-order valence-corrected chi connectivity index (χ4v) is 5.01. The number of halogens is 3. The van der Waals surface area contributed by atoms with E-state index in [0.29, 0.717) is 53.9 Å². The van der Waals surface area contributed by atoms with Crippen molar-refractivity contribution in [3.05, 3.63) is 89.5 Å². The lowest BCUT2D eigenvalue weighted by Gasteiger charge is -2.25. The molecule has 0 saturated carbocycles. The van der Waals surface area contributed by atoms with Crippen molar-refractivity contribution in [2.75, 3.05) is 37.4 Å². The summed E-state index contributed by atoms with van der Waals surface area (Å²) < 4.78 is 47.1. The summed E-state index contributed by atoms with van der Waals surface area (Å²) in [6, 6.07) is 14.0.